The molecule has 0 fully saturated rings. The van der Waals surface area contributed by atoms with E-state index in [1.54, 1.807) is 12.1 Å². The molecule has 0 N–H and O–H groups in total. The molecule has 0 bridgehead atoms. The monoisotopic (exact) mass is 215 g/mol. The van der Waals surface area contributed by atoms with Gasteiger partial charge in [0.15, 0.2) is 0 Å². The quantitative estimate of drug-likeness (QED) is 0.723. The highest BCUT2D eigenvalue weighted by Gasteiger charge is 2.12. The molecule has 0 amide bonds. The standard InChI is InChI=1S/C10H11F2NO2/c1-13(2)8-5-3-7(4-6-8)9(14)15-10(11)12/h3-6,10H,1-2H3. The summed E-state index contributed by atoms with van der Waals surface area (Å²) in [4.78, 5) is 12.9. The lowest BCUT2D eigenvalue weighted by molar-refractivity contribution is -0.0906. The summed E-state index contributed by atoms with van der Waals surface area (Å²) in [5.74, 6) is -1.02. The SMILES string of the molecule is CN(C)c1ccc(C(=O)OC(F)F)cc1. The molecule has 0 atom stereocenters. The average molecular weight is 215 g/mol. The zero-order chi connectivity index (χ0) is 11.4. The molecule has 3 nitrogen and oxygen atoms in total. The van der Waals surface area contributed by atoms with Crippen LogP contribution in [0.25, 0.3) is 0 Å². The first-order valence-corrected chi connectivity index (χ1v) is 4.27. The Morgan fingerprint density at radius 3 is 2.20 bits per heavy atom. The van der Waals surface area contributed by atoms with Gasteiger partial charge in [0.1, 0.15) is 0 Å². The average Bonchev–Trinajstić information content (AvgIpc) is 2.17. The van der Waals surface area contributed by atoms with Crippen LogP contribution >= 0.6 is 0 Å². The Hall–Kier alpha value is -1.65. The third-order valence-electron chi connectivity index (χ3n) is 1.82. The topological polar surface area (TPSA) is 29.5 Å². The number of rotatable bonds is 3. The Morgan fingerprint density at radius 1 is 1.27 bits per heavy atom. The molecule has 1 aromatic rings. The Labute approximate surface area is 86.3 Å². The van der Waals surface area contributed by atoms with Gasteiger partial charge in [0.2, 0.25) is 0 Å². The molecule has 0 aliphatic heterocycles. The van der Waals surface area contributed by atoms with E-state index >= 15 is 0 Å². The van der Waals surface area contributed by atoms with Gasteiger partial charge in [0, 0.05) is 19.8 Å². The number of ether oxygens (including phenoxy) is 1. The summed E-state index contributed by atoms with van der Waals surface area (Å²) in [7, 11) is 3.68. The maximum atomic E-state index is 11.7. The van der Waals surface area contributed by atoms with Crippen molar-refractivity contribution in [3.05, 3.63) is 29.8 Å². The molecular weight excluding hydrogens is 204 g/mol. The number of benzene rings is 1. The Kier molecular flexibility index (Phi) is 3.60. The Morgan fingerprint density at radius 2 is 1.80 bits per heavy atom. The zero-order valence-corrected chi connectivity index (χ0v) is 8.41. The number of alkyl halides is 2. The highest BCUT2D eigenvalue weighted by Crippen LogP contribution is 2.13. The van der Waals surface area contributed by atoms with Crippen LogP contribution in [0.1, 0.15) is 10.4 Å². The molecule has 5 heteroatoms. The molecular formula is C10H11F2NO2. The first kappa shape index (κ1) is 11.4. The van der Waals surface area contributed by atoms with Gasteiger partial charge in [0.05, 0.1) is 5.56 Å². The number of anilines is 1. The number of halogens is 2. The maximum Gasteiger partial charge on any atom is 0.389 e. The highest BCUT2D eigenvalue weighted by molar-refractivity contribution is 5.89. The van der Waals surface area contributed by atoms with Crippen LogP contribution in [-0.4, -0.2) is 26.7 Å². The second-order valence-electron chi connectivity index (χ2n) is 3.11. The van der Waals surface area contributed by atoms with Crippen molar-refractivity contribution in [1.82, 2.24) is 0 Å². The predicted molar refractivity (Wildman–Crippen MR) is 52.2 cm³/mol. The molecule has 0 saturated carbocycles. The number of carbonyl (C=O) groups is 1. The predicted octanol–water partition coefficient (Wildman–Crippen LogP) is 2.13. The summed E-state index contributed by atoms with van der Waals surface area (Å²) in [5, 5.41) is 0. The van der Waals surface area contributed by atoms with Gasteiger partial charge in [-0.3, -0.25) is 0 Å². The van der Waals surface area contributed by atoms with E-state index in [4.69, 9.17) is 0 Å². The normalized spacial score (nSPS) is 10.2. The number of esters is 1. The van der Waals surface area contributed by atoms with E-state index in [-0.39, 0.29) is 5.56 Å². The lowest BCUT2D eigenvalue weighted by Crippen LogP contribution is -2.11. The first-order chi connectivity index (χ1) is 7.00. The summed E-state index contributed by atoms with van der Waals surface area (Å²) in [6.07, 6.45) is 0. The summed E-state index contributed by atoms with van der Waals surface area (Å²) >= 11 is 0. The van der Waals surface area contributed by atoms with Gasteiger partial charge >= 0.3 is 12.6 Å². The molecule has 0 saturated heterocycles. The van der Waals surface area contributed by atoms with Crippen LogP contribution in [0.15, 0.2) is 24.3 Å². The van der Waals surface area contributed by atoms with Crippen molar-refractivity contribution in [3.8, 4) is 0 Å². The van der Waals surface area contributed by atoms with Crippen molar-refractivity contribution in [2.45, 2.75) is 6.61 Å². The van der Waals surface area contributed by atoms with Crippen LogP contribution in [0.3, 0.4) is 0 Å². The smallest absolute Gasteiger partial charge is 0.389 e. The molecule has 0 heterocycles. The van der Waals surface area contributed by atoms with Gasteiger partial charge < -0.3 is 9.64 Å². The van der Waals surface area contributed by atoms with Gasteiger partial charge in [-0.2, -0.15) is 8.78 Å². The van der Waals surface area contributed by atoms with E-state index in [0.29, 0.717) is 0 Å². The van der Waals surface area contributed by atoms with Crippen molar-refractivity contribution >= 4 is 11.7 Å². The van der Waals surface area contributed by atoms with Crippen molar-refractivity contribution in [2.75, 3.05) is 19.0 Å². The number of hydrogen-bond donors (Lipinski definition) is 0. The van der Waals surface area contributed by atoms with Gasteiger partial charge in [-0.1, -0.05) is 0 Å². The second kappa shape index (κ2) is 4.72. The minimum absolute atomic E-state index is 0.112. The van der Waals surface area contributed by atoms with E-state index in [1.807, 2.05) is 19.0 Å². The lowest BCUT2D eigenvalue weighted by Gasteiger charge is -2.12. The zero-order valence-electron chi connectivity index (χ0n) is 8.41. The molecule has 15 heavy (non-hydrogen) atoms. The van der Waals surface area contributed by atoms with Gasteiger partial charge in [-0.15, -0.1) is 0 Å². The number of nitrogens with zero attached hydrogens (tertiary/aromatic N) is 1. The van der Waals surface area contributed by atoms with Crippen LogP contribution in [-0.2, 0) is 4.74 Å². The fourth-order valence-electron chi connectivity index (χ4n) is 1.04. The van der Waals surface area contributed by atoms with E-state index in [9.17, 15) is 13.6 Å². The summed E-state index contributed by atoms with van der Waals surface area (Å²) in [6, 6.07) is 6.20. The largest absolute Gasteiger partial charge is 0.399 e. The van der Waals surface area contributed by atoms with E-state index in [0.717, 1.165) is 5.69 Å². The number of carbonyl (C=O) groups excluding carboxylic acids is 1. The van der Waals surface area contributed by atoms with Gasteiger partial charge in [-0.25, -0.2) is 4.79 Å². The van der Waals surface area contributed by atoms with Crippen LogP contribution in [0.5, 0.6) is 0 Å². The molecule has 0 spiro atoms. The van der Waals surface area contributed by atoms with Crippen molar-refractivity contribution in [3.63, 3.8) is 0 Å². The Balaban J connectivity index is 2.75. The lowest BCUT2D eigenvalue weighted by atomic mass is 10.2. The molecule has 82 valence electrons. The third-order valence-corrected chi connectivity index (χ3v) is 1.82. The number of hydrogen-bond acceptors (Lipinski definition) is 3. The molecule has 0 aliphatic carbocycles. The summed E-state index contributed by atoms with van der Waals surface area (Å²) < 4.78 is 27.2. The maximum absolute atomic E-state index is 11.7. The Bertz CT molecular complexity index is 336. The fourth-order valence-corrected chi connectivity index (χ4v) is 1.04. The molecule has 0 aromatic heterocycles. The highest BCUT2D eigenvalue weighted by atomic mass is 19.3. The van der Waals surface area contributed by atoms with Crippen LogP contribution in [0, 0.1) is 0 Å². The van der Waals surface area contributed by atoms with Crippen molar-refractivity contribution < 1.29 is 18.3 Å². The molecule has 0 radical (unpaired) electrons. The molecule has 0 aliphatic rings. The van der Waals surface area contributed by atoms with Gasteiger partial charge in [0.25, 0.3) is 0 Å². The minimum atomic E-state index is -3.08. The molecule has 1 aromatic carbocycles. The van der Waals surface area contributed by atoms with Crippen LogP contribution in [0.4, 0.5) is 14.5 Å². The summed E-state index contributed by atoms with van der Waals surface area (Å²) in [6.45, 7) is -3.08. The van der Waals surface area contributed by atoms with E-state index in [1.165, 1.54) is 12.1 Å². The molecule has 1 rings (SSSR count). The van der Waals surface area contributed by atoms with E-state index < -0.39 is 12.6 Å². The van der Waals surface area contributed by atoms with Crippen LogP contribution in [0.2, 0.25) is 0 Å². The fraction of sp³-hybridized carbons (Fsp3) is 0.300. The van der Waals surface area contributed by atoms with Crippen molar-refractivity contribution in [2.24, 2.45) is 0 Å². The second-order valence-corrected chi connectivity index (χ2v) is 3.11. The van der Waals surface area contributed by atoms with E-state index in [2.05, 4.69) is 4.74 Å². The van der Waals surface area contributed by atoms with Crippen LogP contribution < -0.4 is 4.90 Å². The molecule has 0 unspecified atom stereocenters. The first-order valence-electron chi connectivity index (χ1n) is 4.27. The van der Waals surface area contributed by atoms with Gasteiger partial charge in [-0.05, 0) is 24.3 Å². The van der Waals surface area contributed by atoms with Crippen molar-refractivity contribution in [1.29, 1.82) is 0 Å². The summed E-state index contributed by atoms with van der Waals surface area (Å²) in [5.41, 5.74) is 0.990. The minimum Gasteiger partial charge on any atom is -0.399 e. The third kappa shape index (κ3) is 3.19.